The topological polar surface area (TPSA) is 66.8 Å². The second-order valence-corrected chi connectivity index (χ2v) is 4.60. The molecule has 2 rings (SSSR count). The van der Waals surface area contributed by atoms with Gasteiger partial charge in [0.1, 0.15) is 6.10 Å². The number of carboxylic acids is 1. The van der Waals surface area contributed by atoms with Crippen LogP contribution in [0.4, 0.5) is 0 Å². The molecular formula is C11H17NO4. The van der Waals surface area contributed by atoms with E-state index in [0.717, 1.165) is 12.8 Å². The van der Waals surface area contributed by atoms with Crippen molar-refractivity contribution >= 4 is 11.9 Å². The number of amides is 1. The predicted octanol–water partition coefficient (Wildman–Crippen LogP) is 0.485. The molecule has 0 saturated carbocycles. The maximum absolute atomic E-state index is 12.0. The van der Waals surface area contributed by atoms with Crippen molar-refractivity contribution in [3.05, 3.63) is 0 Å². The first-order valence-corrected chi connectivity index (χ1v) is 5.64. The van der Waals surface area contributed by atoms with E-state index in [1.54, 1.807) is 11.8 Å². The fourth-order valence-corrected chi connectivity index (χ4v) is 2.91. The zero-order valence-electron chi connectivity index (χ0n) is 9.55. The number of hydrogen-bond donors (Lipinski definition) is 1. The minimum Gasteiger partial charge on any atom is -0.481 e. The Labute approximate surface area is 94.4 Å². The molecule has 0 aliphatic carbocycles. The molecule has 2 bridgehead atoms. The van der Waals surface area contributed by atoms with Crippen LogP contribution >= 0.6 is 0 Å². The van der Waals surface area contributed by atoms with Gasteiger partial charge in [-0.2, -0.15) is 0 Å². The van der Waals surface area contributed by atoms with E-state index >= 15 is 0 Å². The average molecular weight is 227 g/mol. The monoisotopic (exact) mass is 227 g/mol. The lowest BCUT2D eigenvalue weighted by Gasteiger charge is -2.25. The molecule has 0 aromatic heterocycles. The van der Waals surface area contributed by atoms with Crippen molar-refractivity contribution in [2.45, 2.75) is 44.4 Å². The molecule has 0 radical (unpaired) electrons. The van der Waals surface area contributed by atoms with Gasteiger partial charge in [-0.15, -0.1) is 0 Å². The number of carboxylic acid groups (broad SMARTS) is 1. The summed E-state index contributed by atoms with van der Waals surface area (Å²) in [4.78, 5) is 24.8. The first-order valence-electron chi connectivity index (χ1n) is 5.64. The van der Waals surface area contributed by atoms with Gasteiger partial charge in [-0.05, 0) is 26.2 Å². The predicted molar refractivity (Wildman–Crippen MR) is 55.9 cm³/mol. The maximum Gasteiger partial charge on any atom is 0.308 e. The fourth-order valence-electron chi connectivity index (χ4n) is 2.91. The Morgan fingerprint density at radius 3 is 2.62 bits per heavy atom. The molecule has 5 nitrogen and oxygen atoms in total. The lowest BCUT2D eigenvalue weighted by Crippen LogP contribution is -2.43. The fraction of sp³-hybridized carbons (Fsp3) is 0.818. The van der Waals surface area contributed by atoms with Crippen LogP contribution in [0.15, 0.2) is 0 Å². The van der Waals surface area contributed by atoms with E-state index in [-0.39, 0.29) is 23.9 Å². The van der Waals surface area contributed by atoms with Gasteiger partial charge in [0.15, 0.2) is 0 Å². The number of fused-ring (bicyclic) bond motifs is 2. The van der Waals surface area contributed by atoms with E-state index in [1.165, 1.54) is 7.11 Å². The SMILES string of the molecule is COC(C)C(=O)N1C2CCC1C(C(=O)O)C2. The molecule has 0 spiro atoms. The van der Waals surface area contributed by atoms with Crippen molar-refractivity contribution in [3.63, 3.8) is 0 Å². The highest BCUT2D eigenvalue weighted by molar-refractivity contribution is 5.83. The Morgan fingerprint density at radius 2 is 2.12 bits per heavy atom. The second kappa shape index (κ2) is 4.05. The van der Waals surface area contributed by atoms with Crippen molar-refractivity contribution in [2.24, 2.45) is 5.92 Å². The number of carbonyl (C=O) groups is 2. The maximum atomic E-state index is 12.0. The molecule has 2 heterocycles. The lowest BCUT2D eigenvalue weighted by molar-refractivity contribution is -0.145. The number of nitrogens with zero attached hydrogens (tertiary/aromatic N) is 1. The summed E-state index contributed by atoms with van der Waals surface area (Å²) >= 11 is 0. The van der Waals surface area contributed by atoms with Crippen molar-refractivity contribution in [1.29, 1.82) is 0 Å². The molecule has 2 aliphatic heterocycles. The van der Waals surface area contributed by atoms with Gasteiger partial charge in [-0.1, -0.05) is 0 Å². The standard InChI is InChI=1S/C11H17NO4/c1-6(16-2)10(13)12-7-3-4-9(12)8(5-7)11(14)15/h6-9H,3-5H2,1-2H3,(H,14,15). The number of aliphatic carboxylic acids is 1. The summed E-state index contributed by atoms with van der Waals surface area (Å²) < 4.78 is 5.01. The van der Waals surface area contributed by atoms with E-state index in [4.69, 9.17) is 9.84 Å². The van der Waals surface area contributed by atoms with Crippen LogP contribution in [-0.2, 0) is 14.3 Å². The van der Waals surface area contributed by atoms with Gasteiger partial charge < -0.3 is 14.7 Å². The minimum atomic E-state index is -0.782. The zero-order valence-corrected chi connectivity index (χ0v) is 9.55. The van der Waals surface area contributed by atoms with Crippen LogP contribution in [0.2, 0.25) is 0 Å². The van der Waals surface area contributed by atoms with E-state index in [0.29, 0.717) is 6.42 Å². The third kappa shape index (κ3) is 1.59. The van der Waals surface area contributed by atoms with Crippen LogP contribution in [0.5, 0.6) is 0 Å². The molecule has 4 unspecified atom stereocenters. The molecule has 2 fully saturated rings. The molecule has 16 heavy (non-hydrogen) atoms. The minimum absolute atomic E-state index is 0.0706. The van der Waals surface area contributed by atoms with Crippen LogP contribution < -0.4 is 0 Å². The second-order valence-electron chi connectivity index (χ2n) is 4.60. The van der Waals surface area contributed by atoms with Crippen LogP contribution in [-0.4, -0.2) is 47.2 Å². The van der Waals surface area contributed by atoms with Gasteiger partial charge in [-0.25, -0.2) is 0 Å². The number of ether oxygens (including phenoxy) is 1. The van der Waals surface area contributed by atoms with Gasteiger partial charge in [0, 0.05) is 19.2 Å². The molecule has 1 N–H and O–H groups in total. The average Bonchev–Trinajstić information content (AvgIpc) is 2.83. The normalized spacial score (nSPS) is 34.1. The summed E-state index contributed by atoms with van der Waals surface area (Å²) in [6.45, 7) is 1.70. The smallest absolute Gasteiger partial charge is 0.308 e. The highest BCUT2D eigenvalue weighted by Crippen LogP contribution is 2.42. The summed E-state index contributed by atoms with van der Waals surface area (Å²) in [5, 5.41) is 9.06. The molecular weight excluding hydrogens is 210 g/mol. The van der Waals surface area contributed by atoms with Crippen molar-refractivity contribution < 1.29 is 19.4 Å². The Hall–Kier alpha value is -1.10. The largest absolute Gasteiger partial charge is 0.481 e. The number of methoxy groups -OCH3 is 1. The molecule has 0 aromatic carbocycles. The van der Waals surface area contributed by atoms with E-state index < -0.39 is 12.1 Å². The highest BCUT2D eigenvalue weighted by Gasteiger charge is 2.51. The van der Waals surface area contributed by atoms with Crippen LogP contribution in [0.1, 0.15) is 26.2 Å². The van der Waals surface area contributed by atoms with Crippen molar-refractivity contribution in [3.8, 4) is 0 Å². The van der Waals surface area contributed by atoms with Crippen LogP contribution in [0.25, 0.3) is 0 Å². The summed E-state index contributed by atoms with van der Waals surface area (Å²) in [6, 6.07) is -0.0104. The quantitative estimate of drug-likeness (QED) is 0.761. The van der Waals surface area contributed by atoms with Gasteiger partial charge in [0.2, 0.25) is 0 Å². The van der Waals surface area contributed by atoms with E-state index in [1.807, 2.05) is 0 Å². The molecule has 1 amide bonds. The summed E-state index contributed by atoms with van der Waals surface area (Å²) in [5.41, 5.74) is 0. The van der Waals surface area contributed by atoms with Crippen molar-refractivity contribution in [1.82, 2.24) is 4.90 Å². The number of hydrogen-bond acceptors (Lipinski definition) is 3. The van der Waals surface area contributed by atoms with Gasteiger partial charge in [-0.3, -0.25) is 9.59 Å². The van der Waals surface area contributed by atoms with Crippen LogP contribution in [0, 0.1) is 5.92 Å². The Balaban J connectivity index is 2.13. The Kier molecular flexibility index (Phi) is 2.88. The molecule has 4 atom stereocenters. The van der Waals surface area contributed by atoms with Gasteiger partial charge in [0.25, 0.3) is 5.91 Å². The summed E-state index contributed by atoms with van der Waals surface area (Å²) in [5.74, 6) is -1.24. The lowest BCUT2D eigenvalue weighted by atomic mass is 9.89. The molecule has 2 saturated heterocycles. The Bertz CT molecular complexity index is 317. The highest BCUT2D eigenvalue weighted by atomic mass is 16.5. The molecule has 2 aliphatic rings. The number of carbonyl (C=O) groups excluding carboxylic acids is 1. The first kappa shape index (κ1) is 11.4. The third-order valence-corrected chi connectivity index (χ3v) is 3.81. The molecule has 5 heteroatoms. The van der Waals surface area contributed by atoms with Gasteiger partial charge in [0.05, 0.1) is 5.92 Å². The zero-order chi connectivity index (χ0) is 11.9. The first-order chi connectivity index (χ1) is 7.56. The van der Waals surface area contributed by atoms with Crippen molar-refractivity contribution in [2.75, 3.05) is 7.11 Å². The molecule has 0 aromatic rings. The van der Waals surface area contributed by atoms with E-state index in [9.17, 15) is 9.59 Å². The Morgan fingerprint density at radius 1 is 1.44 bits per heavy atom. The van der Waals surface area contributed by atoms with Crippen LogP contribution in [0.3, 0.4) is 0 Å². The molecule has 90 valence electrons. The number of rotatable bonds is 3. The summed E-state index contributed by atoms with van der Waals surface area (Å²) in [6.07, 6.45) is 1.86. The summed E-state index contributed by atoms with van der Waals surface area (Å²) in [7, 11) is 1.50. The third-order valence-electron chi connectivity index (χ3n) is 3.81. The van der Waals surface area contributed by atoms with E-state index in [2.05, 4.69) is 0 Å². The van der Waals surface area contributed by atoms with Gasteiger partial charge >= 0.3 is 5.97 Å².